The van der Waals surface area contributed by atoms with Crippen molar-refractivity contribution in [2.75, 3.05) is 20.1 Å². The molecular weight excluding hydrogens is 230 g/mol. The van der Waals surface area contributed by atoms with Crippen LogP contribution in [0.15, 0.2) is 29.0 Å². The molecule has 0 aliphatic carbocycles. The summed E-state index contributed by atoms with van der Waals surface area (Å²) in [7, 11) is 1.98. The van der Waals surface area contributed by atoms with Gasteiger partial charge in [0.2, 0.25) is 0 Å². The average molecular weight is 249 g/mol. The molecule has 1 unspecified atom stereocenters. The van der Waals surface area contributed by atoms with Gasteiger partial charge in [-0.15, -0.1) is 0 Å². The molecule has 2 rings (SSSR count). The van der Waals surface area contributed by atoms with Gasteiger partial charge in [-0.2, -0.15) is 0 Å². The molecule has 1 aromatic carbocycles. The standard InChI is InChI=1S/C13H19N3O2/c1-16(8-11(17)4-5-14)7-10-2-3-12-13(6-10)18-9-15-12/h2-3,6,9,11,17H,4-5,7-8,14H2,1H3. The first-order valence-electron chi connectivity index (χ1n) is 6.08. The molecule has 3 N–H and O–H groups in total. The van der Waals surface area contributed by atoms with Crippen LogP contribution in [0, 0.1) is 0 Å². The van der Waals surface area contributed by atoms with E-state index in [-0.39, 0.29) is 6.10 Å². The van der Waals surface area contributed by atoms with Crippen LogP contribution >= 0.6 is 0 Å². The number of rotatable bonds is 6. The van der Waals surface area contributed by atoms with Gasteiger partial charge >= 0.3 is 0 Å². The highest BCUT2D eigenvalue weighted by Gasteiger charge is 2.08. The molecule has 0 aliphatic heterocycles. The Morgan fingerprint density at radius 2 is 2.33 bits per heavy atom. The van der Waals surface area contributed by atoms with Gasteiger partial charge in [0, 0.05) is 13.1 Å². The fourth-order valence-electron chi connectivity index (χ4n) is 2.02. The van der Waals surface area contributed by atoms with Gasteiger partial charge in [-0.05, 0) is 37.7 Å². The van der Waals surface area contributed by atoms with Gasteiger partial charge in [0.05, 0.1) is 6.10 Å². The zero-order valence-corrected chi connectivity index (χ0v) is 10.5. The van der Waals surface area contributed by atoms with Crippen LogP contribution in [-0.4, -0.2) is 41.2 Å². The van der Waals surface area contributed by atoms with E-state index in [4.69, 9.17) is 10.2 Å². The minimum absolute atomic E-state index is 0.367. The minimum atomic E-state index is -0.367. The lowest BCUT2D eigenvalue weighted by Crippen LogP contribution is -2.30. The molecule has 1 atom stereocenters. The Labute approximate surface area is 106 Å². The van der Waals surface area contributed by atoms with Gasteiger partial charge in [0.15, 0.2) is 12.0 Å². The van der Waals surface area contributed by atoms with Crippen molar-refractivity contribution in [1.29, 1.82) is 0 Å². The van der Waals surface area contributed by atoms with E-state index in [0.717, 1.165) is 23.2 Å². The second kappa shape index (κ2) is 5.95. The summed E-state index contributed by atoms with van der Waals surface area (Å²) in [6, 6.07) is 5.95. The van der Waals surface area contributed by atoms with Crippen LogP contribution < -0.4 is 5.73 Å². The number of aromatic nitrogens is 1. The lowest BCUT2D eigenvalue weighted by atomic mass is 10.2. The first kappa shape index (κ1) is 13.0. The summed E-state index contributed by atoms with van der Waals surface area (Å²) in [5.41, 5.74) is 8.21. The van der Waals surface area contributed by atoms with Gasteiger partial charge < -0.3 is 15.3 Å². The second-order valence-corrected chi connectivity index (χ2v) is 4.58. The molecule has 5 heteroatoms. The Hall–Kier alpha value is -1.43. The summed E-state index contributed by atoms with van der Waals surface area (Å²) in [5, 5.41) is 9.69. The molecule has 0 saturated heterocycles. The van der Waals surface area contributed by atoms with Gasteiger partial charge in [-0.25, -0.2) is 4.98 Å². The van der Waals surface area contributed by atoms with Crippen molar-refractivity contribution in [2.24, 2.45) is 5.73 Å². The fraction of sp³-hybridized carbons (Fsp3) is 0.462. The maximum Gasteiger partial charge on any atom is 0.181 e. The number of fused-ring (bicyclic) bond motifs is 1. The quantitative estimate of drug-likeness (QED) is 0.798. The summed E-state index contributed by atoms with van der Waals surface area (Å²) in [5.74, 6) is 0. The third-order valence-corrected chi connectivity index (χ3v) is 2.87. The molecule has 1 heterocycles. The van der Waals surface area contributed by atoms with E-state index in [0.29, 0.717) is 19.5 Å². The van der Waals surface area contributed by atoms with E-state index in [1.807, 2.05) is 25.2 Å². The van der Waals surface area contributed by atoms with Crippen LogP contribution in [0.3, 0.4) is 0 Å². The Morgan fingerprint density at radius 3 is 3.11 bits per heavy atom. The topological polar surface area (TPSA) is 75.5 Å². The number of nitrogens with zero attached hydrogens (tertiary/aromatic N) is 2. The summed E-state index contributed by atoms with van der Waals surface area (Å²) in [4.78, 5) is 6.14. The van der Waals surface area contributed by atoms with Gasteiger partial charge in [-0.1, -0.05) is 6.07 Å². The molecule has 0 bridgehead atoms. The van der Waals surface area contributed by atoms with Crippen LogP contribution in [-0.2, 0) is 6.54 Å². The molecule has 0 radical (unpaired) electrons. The number of hydrogen-bond donors (Lipinski definition) is 2. The molecular formula is C13H19N3O2. The maximum absolute atomic E-state index is 9.69. The number of benzene rings is 1. The van der Waals surface area contributed by atoms with E-state index in [9.17, 15) is 5.11 Å². The number of aliphatic hydroxyl groups is 1. The van der Waals surface area contributed by atoms with Gasteiger partial charge in [-0.3, -0.25) is 4.90 Å². The van der Waals surface area contributed by atoms with E-state index in [1.165, 1.54) is 6.39 Å². The molecule has 0 amide bonds. The number of hydrogen-bond acceptors (Lipinski definition) is 5. The molecule has 18 heavy (non-hydrogen) atoms. The van der Waals surface area contributed by atoms with Crippen molar-refractivity contribution >= 4 is 11.1 Å². The largest absolute Gasteiger partial charge is 0.443 e. The van der Waals surface area contributed by atoms with E-state index in [2.05, 4.69) is 9.88 Å². The molecule has 0 spiro atoms. The van der Waals surface area contributed by atoms with E-state index >= 15 is 0 Å². The van der Waals surface area contributed by atoms with Crippen molar-refractivity contribution < 1.29 is 9.52 Å². The van der Waals surface area contributed by atoms with Crippen molar-refractivity contribution in [3.8, 4) is 0 Å². The zero-order chi connectivity index (χ0) is 13.0. The zero-order valence-electron chi connectivity index (χ0n) is 10.5. The maximum atomic E-state index is 9.69. The average Bonchev–Trinajstić information content (AvgIpc) is 2.76. The molecule has 2 aromatic rings. The number of nitrogens with two attached hydrogens (primary N) is 1. The highest BCUT2D eigenvalue weighted by molar-refractivity contribution is 5.72. The molecule has 0 saturated carbocycles. The first-order chi connectivity index (χ1) is 8.69. The number of aliphatic hydroxyl groups excluding tert-OH is 1. The van der Waals surface area contributed by atoms with E-state index < -0.39 is 0 Å². The molecule has 5 nitrogen and oxygen atoms in total. The van der Waals surface area contributed by atoms with Crippen LogP contribution in [0.4, 0.5) is 0 Å². The molecule has 98 valence electrons. The normalized spacial score (nSPS) is 13.3. The predicted octanol–water partition coefficient (Wildman–Crippen LogP) is 0.969. The van der Waals surface area contributed by atoms with Crippen molar-refractivity contribution in [2.45, 2.75) is 19.1 Å². The molecule has 1 aromatic heterocycles. The molecule has 0 fully saturated rings. The van der Waals surface area contributed by atoms with Crippen LogP contribution in [0.5, 0.6) is 0 Å². The van der Waals surface area contributed by atoms with Crippen molar-refractivity contribution in [1.82, 2.24) is 9.88 Å². The van der Waals surface area contributed by atoms with Crippen molar-refractivity contribution in [3.63, 3.8) is 0 Å². The van der Waals surface area contributed by atoms with Crippen LogP contribution in [0.2, 0.25) is 0 Å². The third-order valence-electron chi connectivity index (χ3n) is 2.87. The smallest absolute Gasteiger partial charge is 0.181 e. The highest BCUT2D eigenvalue weighted by atomic mass is 16.3. The van der Waals surface area contributed by atoms with Crippen LogP contribution in [0.1, 0.15) is 12.0 Å². The van der Waals surface area contributed by atoms with Crippen LogP contribution in [0.25, 0.3) is 11.1 Å². The summed E-state index contributed by atoms with van der Waals surface area (Å²) >= 11 is 0. The highest BCUT2D eigenvalue weighted by Crippen LogP contribution is 2.15. The first-order valence-corrected chi connectivity index (χ1v) is 6.08. The Bertz CT molecular complexity index is 498. The summed E-state index contributed by atoms with van der Waals surface area (Å²) in [6.45, 7) is 1.89. The summed E-state index contributed by atoms with van der Waals surface area (Å²) < 4.78 is 5.26. The monoisotopic (exact) mass is 249 g/mol. The molecule has 0 aliphatic rings. The van der Waals surface area contributed by atoms with Gasteiger partial charge in [0.1, 0.15) is 5.52 Å². The van der Waals surface area contributed by atoms with E-state index in [1.54, 1.807) is 0 Å². The second-order valence-electron chi connectivity index (χ2n) is 4.58. The SMILES string of the molecule is CN(Cc1ccc2ncoc2c1)CC(O)CCN. The summed E-state index contributed by atoms with van der Waals surface area (Å²) in [6.07, 6.45) is 1.71. The Balaban J connectivity index is 1.95. The Kier molecular flexibility index (Phi) is 4.30. The minimum Gasteiger partial charge on any atom is -0.443 e. The lowest BCUT2D eigenvalue weighted by Gasteiger charge is -2.20. The number of likely N-dealkylation sites (N-methyl/N-ethyl adjacent to an activating group) is 1. The Morgan fingerprint density at radius 1 is 1.50 bits per heavy atom. The number of oxazole rings is 1. The van der Waals surface area contributed by atoms with Gasteiger partial charge in [0.25, 0.3) is 0 Å². The lowest BCUT2D eigenvalue weighted by molar-refractivity contribution is 0.117. The van der Waals surface area contributed by atoms with Crippen molar-refractivity contribution in [3.05, 3.63) is 30.2 Å². The predicted molar refractivity (Wildman–Crippen MR) is 70.0 cm³/mol. The third kappa shape index (κ3) is 3.29. The fourth-order valence-corrected chi connectivity index (χ4v) is 2.02.